The molecule has 3 nitrogen and oxygen atoms in total. The fraction of sp³-hybridized carbons (Fsp3) is 1.00. The monoisotopic (exact) mass is 131 g/mol. The molecular weight excluding hydrogens is 114 g/mol. The molecule has 9 heavy (non-hydrogen) atoms. The maximum Gasteiger partial charge on any atom is 0.0250 e. The number of hydrogen-bond acceptors (Lipinski definition) is 3. The van der Waals surface area contributed by atoms with Crippen molar-refractivity contribution in [3.8, 4) is 0 Å². The van der Waals surface area contributed by atoms with Gasteiger partial charge in [-0.1, -0.05) is 0 Å². The van der Waals surface area contributed by atoms with E-state index in [1.54, 1.807) is 0 Å². The molecule has 0 aromatic heterocycles. The van der Waals surface area contributed by atoms with E-state index in [1.807, 2.05) is 13.8 Å². The predicted octanol–water partition coefficient (Wildman–Crippen LogP) is -0.600. The Morgan fingerprint density at radius 1 is 1.44 bits per heavy atom. The van der Waals surface area contributed by atoms with Gasteiger partial charge in [-0.15, -0.1) is 0 Å². The van der Waals surface area contributed by atoms with Gasteiger partial charge >= 0.3 is 0 Å². The van der Waals surface area contributed by atoms with Gasteiger partial charge in [0.15, 0.2) is 0 Å². The Morgan fingerprint density at radius 2 is 1.89 bits per heavy atom. The highest BCUT2D eigenvalue weighted by molar-refractivity contribution is 4.85. The fourth-order valence-electron chi connectivity index (χ4n) is 0.552. The standard InChI is InChI=1S/C6H17N3/c1-6(2,9)5(8)3-4-7/h5H,3-4,7-9H2,1-2H3. The molecule has 56 valence electrons. The smallest absolute Gasteiger partial charge is 0.0250 e. The van der Waals surface area contributed by atoms with Crippen molar-refractivity contribution in [3.63, 3.8) is 0 Å². The maximum absolute atomic E-state index is 5.68. The number of hydrogen-bond donors (Lipinski definition) is 3. The molecule has 0 aromatic rings. The molecule has 0 aliphatic rings. The van der Waals surface area contributed by atoms with E-state index >= 15 is 0 Å². The van der Waals surface area contributed by atoms with Crippen LogP contribution in [0, 0.1) is 0 Å². The molecule has 1 atom stereocenters. The third-order valence-corrected chi connectivity index (χ3v) is 1.43. The molecule has 1 unspecified atom stereocenters. The largest absolute Gasteiger partial charge is 0.330 e. The summed E-state index contributed by atoms with van der Waals surface area (Å²) in [4.78, 5) is 0. The van der Waals surface area contributed by atoms with Crippen LogP contribution < -0.4 is 17.2 Å². The number of rotatable bonds is 3. The van der Waals surface area contributed by atoms with Gasteiger partial charge in [0.1, 0.15) is 0 Å². The van der Waals surface area contributed by atoms with Crippen LogP contribution in [0.2, 0.25) is 0 Å². The second kappa shape index (κ2) is 3.15. The van der Waals surface area contributed by atoms with Gasteiger partial charge in [-0.25, -0.2) is 0 Å². The van der Waals surface area contributed by atoms with Crippen LogP contribution >= 0.6 is 0 Å². The van der Waals surface area contributed by atoms with Crippen molar-refractivity contribution in [1.82, 2.24) is 0 Å². The molecule has 0 aromatic carbocycles. The van der Waals surface area contributed by atoms with E-state index in [-0.39, 0.29) is 11.6 Å². The minimum Gasteiger partial charge on any atom is -0.330 e. The lowest BCUT2D eigenvalue weighted by molar-refractivity contribution is 0.393. The molecule has 0 bridgehead atoms. The Labute approximate surface area is 56.6 Å². The highest BCUT2D eigenvalue weighted by atomic mass is 14.8. The molecule has 0 saturated carbocycles. The lowest BCUT2D eigenvalue weighted by atomic mass is 9.94. The molecule has 0 spiro atoms. The van der Waals surface area contributed by atoms with Gasteiger partial charge < -0.3 is 17.2 Å². The van der Waals surface area contributed by atoms with Gasteiger partial charge in [0.05, 0.1) is 0 Å². The molecule has 3 heteroatoms. The zero-order valence-corrected chi connectivity index (χ0v) is 6.22. The summed E-state index contributed by atoms with van der Waals surface area (Å²) in [6.07, 6.45) is 0.795. The molecule has 0 rings (SSSR count). The van der Waals surface area contributed by atoms with Crippen LogP contribution in [-0.4, -0.2) is 18.1 Å². The molecule has 0 aliphatic carbocycles. The van der Waals surface area contributed by atoms with E-state index < -0.39 is 0 Å². The normalized spacial score (nSPS) is 15.7. The first-order valence-corrected chi connectivity index (χ1v) is 3.23. The minimum atomic E-state index is -0.292. The van der Waals surface area contributed by atoms with Crippen LogP contribution in [0.3, 0.4) is 0 Å². The minimum absolute atomic E-state index is 0.0162. The highest BCUT2D eigenvalue weighted by Gasteiger charge is 2.19. The lowest BCUT2D eigenvalue weighted by Crippen LogP contribution is -2.51. The van der Waals surface area contributed by atoms with E-state index in [1.165, 1.54) is 0 Å². The molecule has 0 aliphatic heterocycles. The van der Waals surface area contributed by atoms with Crippen LogP contribution in [0.25, 0.3) is 0 Å². The Hall–Kier alpha value is -0.120. The summed E-state index contributed by atoms with van der Waals surface area (Å²) in [5, 5.41) is 0. The molecule has 0 heterocycles. The zero-order valence-electron chi connectivity index (χ0n) is 6.22. The maximum atomic E-state index is 5.68. The van der Waals surface area contributed by atoms with Gasteiger partial charge in [0, 0.05) is 11.6 Å². The van der Waals surface area contributed by atoms with Crippen LogP contribution in [0.5, 0.6) is 0 Å². The van der Waals surface area contributed by atoms with Gasteiger partial charge in [0.25, 0.3) is 0 Å². The van der Waals surface area contributed by atoms with Gasteiger partial charge in [-0.3, -0.25) is 0 Å². The Balaban J connectivity index is 3.59. The first kappa shape index (κ1) is 8.88. The Bertz CT molecular complexity index is 74.9. The third-order valence-electron chi connectivity index (χ3n) is 1.43. The topological polar surface area (TPSA) is 78.1 Å². The summed E-state index contributed by atoms with van der Waals surface area (Å²) in [6, 6.07) is 0.0162. The van der Waals surface area contributed by atoms with E-state index in [0.29, 0.717) is 6.54 Å². The van der Waals surface area contributed by atoms with Crippen molar-refractivity contribution in [2.45, 2.75) is 31.8 Å². The van der Waals surface area contributed by atoms with Crippen molar-refractivity contribution in [3.05, 3.63) is 0 Å². The zero-order chi connectivity index (χ0) is 7.49. The summed E-state index contributed by atoms with van der Waals surface area (Å²) < 4.78 is 0. The van der Waals surface area contributed by atoms with Crippen molar-refractivity contribution < 1.29 is 0 Å². The predicted molar refractivity (Wildman–Crippen MR) is 39.9 cm³/mol. The van der Waals surface area contributed by atoms with Crippen molar-refractivity contribution in [2.75, 3.05) is 6.54 Å². The first-order chi connectivity index (χ1) is 3.98. The average Bonchev–Trinajstić information content (AvgIpc) is 1.64. The van der Waals surface area contributed by atoms with E-state index in [9.17, 15) is 0 Å². The van der Waals surface area contributed by atoms with Crippen molar-refractivity contribution >= 4 is 0 Å². The molecular formula is C6H17N3. The SMILES string of the molecule is CC(C)(N)C(N)CCN. The fourth-order valence-corrected chi connectivity index (χ4v) is 0.552. The van der Waals surface area contributed by atoms with E-state index in [2.05, 4.69) is 0 Å². The molecule has 0 fully saturated rings. The molecule has 0 radical (unpaired) electrons. The summed E-state index contributed by atoms with van der Waals surface area (Å²) >= 11 is 0. The first-order valence-electron chi connectivity index (χ1n) is 3.23. The van der Waals surface area contributed by atoms with Crippen molar-refractivity contribution in [2.24, 2.45) is 17.2 Å². The van der Waals surface area contributed by atoms with E-state index in [0.717, 1.165) is 6.42 Å². The van der Waals surface area contributed by atoms with E-state index in [4.69, 9.17) is 17.2 Å². The lowest BCUT2D eigenvalue weighted by Gasteiger charge is -2.26. The molecule has 0 saturated heterocycles. The summed E-state index contributed by atoms with van der Waals surface area (Å²) in [5.41, 5.74) is 16.3. The van der Waals surface area contributed by atoms with Gasteiger partial charge in [0.2, 0.25) is 0 Å². The molecule has 6 N–H and O–H groups in total. The second-order valence-corrected chi connectivity index (χ2v) is 3.01. The number of nitrogens with two attached hydrogens (primary N) is 3. The van der Waals surface area contributed by atoms with Crippen LogP contribution in [0.1, 0.15) is 20.3 Å². The van der Waals surface area contributed by atoms with Gasteiger partial charge in [-0.05, 0) is 26.8 Å². The quantitative estimate of drug-likeness (QED) is 0.478. The summed E-state index contributed by atoms with van der Waals surface area (Å²) in [7, 11) is 0. The highest BCUT2D eigenvalue weighted by Crippen LogP contribution is 2.04. The van der Waals surface area contributed by atoms with Crippen LogP contribution in [0.15, 0.2) is 0 Å². The Kier molecular flexibility index (Phi) is 3.11. The molecule has 0 amide bonds. The Morgan fingerprint density at radius 3 is 2.00 bits per heavy atom. The van der Waals surface area contributed by atoms with Gasteiger partial charge in [-0.2, -0.15) is 0 Å². The second-order valence-electron chi connectivity index (χ2n) is 3.01. The van der Waals surface area contributed by atoms with Crippen LogP contribution in [0.4, 0.5) is 0 Å². The average molecular weight is 131 g/mol. The summed E-state index contributed by atoms with van der Waals surface area (Å²) in [6.45, 7) is 4.43. The third kappa shape index (κ3) is 3.46. The van der Waals surface area contributed by atoms with Crippen LogP contribution in [-0.2, 0) is 0 Å². The van der Waals surface area contributed by atoms with Crippen molar-refractivity contribution in [1.29, 1.82) is 0 Å². The summed E-state index contributed by atoms with van der Waals surface area (Å²) in [5.74, 6) is 0.